The molecule has 2 nitrogen and oxygen atoms in total. The monoisotopic (exact) mass is 449 g/mol. The van der Waals surface area contributed by atoms with Gasteiger partial charge in [0.2, 0.25) is 5.89 Å². The number of halogens is 1. The van der Waals surface area contributed by atoms with Gasteiger partial charge in [0, 0.05) is 20.8 Å². The number of rotatable bonds is 2. The SMILES string of the molecule is Brc1cccc2ccc3c(ccc4nc(-c5cccc(-c6ccccc6)c5)oc43)c12. The molecule has 0 aliphatic carbocycles. The molecule has 0 radical (unpaired) electrons. The smallest absolute Gasteiger partial charge is 0.227 e. The van der Waals surface area contributed by atoms with Crippen LogP contribution in [0.25, 0.3) is 55.2 Å². The Hall–Kier alpha value is -3.43. The Kier molecular flexibility index (Phi) is 3.96. The third-order valence-electron chi connectivity index (χ3n) is 5.56. The van der Waals surface area contributed by atoms with Crippen molar-refractivity contribution in [3.8, 4) is 22.6 Å². The normalized spacial score (nSPS) is 11.5. The Balaban J connectivity index is 1.56. The molecule has 0 spiro atoms. The summed E-state index contributed by atoms with van der Waals surface area (Å²) in [5.41, 5.74) is 4.99. The Morgan fingerprint density at radius 3 is 2.30 bits per heavy atom. The highest BCUT2D eigenvalue weighted by Crippen LogP contribution is 2.37. The second-order valence-electron chi connectivity index (χ2n) is 7.38. The molecule has 0 bridgehead atoms. The van der Waals surface area contributed by atoms with Crippen LogP contribution in [0.15, 0.2) is 106 Å². The Morgan fingerprint density at radius 2 is 1.40 bits per heavy atom. The average molecular weight is 450 g/mol. The molecule has 0 amide bonds. The zero-order valence-corrected chi connectivity index (χ0v) is 17.6. The molecule has 5 aromatic carbocycles. The predicted octanol–water partition coefficient (Wildman–Crippen LogP) is 8.23. The second-order valence-corrected chi connectivity index (χ2v) is 8.23. The lowest BCUT2D eigenvalue weighted by molar-refractivity contribution is 0.623. The van der Waals surface area contributed by atoms with Gasteiger partial charge in [0.1, 0.15) is 5.52 Å². The van der Waals surface area contributed by atoms with Gasteiger partial charge in [-0.15, -0.1) is 0 Å². The lowest BCUT2D eigenvalue weighted by Gasteiger charge is -2.06. The minimum Gasteiger partial charge on any atom is -0.435 e. The van der Waals surface area contributed by atoms with E-state index < -0.39 is 0 Å². The predicted molar refractivity (Wildman–Crippen MR) is 128 cm³/mol. The molecule has 3 heteroatoms. The van der Waals surface area contributed by atoms with Gasteiger partial charge in [-0.2, -0.15) is 0 Å². The van der Waals surface area contributed by atoms with E-state index in [9.17, 15) is 0 Å². The number of aromatic nitrogens is 1. The summed E-state index contributed by atoms with van der Waals surface area (Å²) in [7, 11) is 0. The quantitative estimate of drug-likeness (QED) is 0.248. The average Bonchev–Trinajstić information content (AvgIpc) is 3.24. The van der Waals surface area contributed by atoms with E-state index in [1.807, 2.05) is 18.2 Å². The van der Waals surface area contributed by atoms with Crippen LogP contribution in [0.1, 0.15) is 0 Å². The summed E-state index contributed by atoms with van der Waals surface area (Å²) in [5.74, 6) is 0.641. The van der Waals surface area contributed by atoms with Crippen molar-refractivity contribution < 1.29 is 4.42 Å². The summed E-state index contributed by atoms with van der Waals surface area (Å²) >= 11 is 3.71. The van der Waals surface area contributed by atoms with Crippen molar-refractivity contribution >= 4 is 48.6 Å². The van der Waals surface area contributed by atoms with Gasteiger partial charge in [-0.25, -0.2) is 4.98 Å². The summed E-state index contributed by atoms with van der Waals surface area (Å²) in [5, 5.41) is 4.63. The van der Waals surface area contributed by atoms with Crippen molar-refractivity contribution in [1.29, 1.82) is 0 Å². The second kappa shape index (κ2) is 6.82. The molecule has 142 valence electrons. The molecular weight excluding hydrogens is 434 g/mol. The van der Waals surface area contributed by atoms with Gasteiger partial charge in [0.25, 0.3) is 0 Å². The van der Waals surface area contributed by atoms with Crippen molar-refractivity contribution in [3.63, 3.8) is 0 Å². The molecule has 30 heavy (non-hydrogen) atoms. The maximum Gasteiger partial charge on any atom is 0.227 e. The van der Waals surface area contributed by atoms with E-state index in [2.05, 4.69) is 94.8 Å². The fourth-order valence-corrected chi connectivity index (χ4v) is 4.71. The Morgan fingerprint density at radius 1 is 0.633 bits per heavy atom. The van der Waals surface area contributed by atoms with Crippen molar-refractivity contribution in [2.75, 3.05) is 0 Å². The third-order valence-corrected chi connectivity index (χ3v) is 6.22. The minimum absolute atomic E-state index is 0.641. The summed E-state index contributed by atoms with van der Waals surface area (Å²) < 4.78 is 7.40. The van der Waals surface area contributed by atoms with Crippen LogP contribution in [-0.4, -0.2) is 4.98 Å². The van der Waals surface area contributed by atoms with Crippen LogP contribution in [0.5, 0.6) is 0 Å². The van der Waals surface area contributed by atoms with Crippen LogP contribution in [0.4, 0.5) is 0 Å². The molecule has 0 aliphatic heterocycles. The summed E-state index contributed by atoms with van der Waals surface area (Å²) in [6.45, 7) is 0. The first kappa shape index (κ1) is 17.4. The van der Waals surface area contributed by atoms with E-state index in [4.69, 9.17) is 9.40 Å². The fourth-order valence-electron chi connectivity index (χ4n) is 4.12. The fraction of sp³-hybridized carbons (Fsp3) is 0. The lowest BCUT2D eigenvalue weighted by Crippen LogP contribution is -1.81. The van der Waals surface area contributed by atoms with Gasteiger partial charge in [0.05, 0.1) is 0 Å². The number of hydrogen-bond donors (Lipinski definition) is 0. The first-order chi connectivity index (χ1) is 14.8. The lowest BCUT2D eigenvalue weighted by atomic mass is 10.0. The zero-order valence-electron chi connectivity index (χ0n) is 16.0. The summed E-state index contributed by atoms with van der Waals surface area (Å²) in [6, 6.07) is 33.4. The van der Waals surface area contributed by atoms with Gasteiger partial charge >= 0.3 is 0 Å². The van der Waals surface area contributed by atoms with Crippen molar-refractivity contribution in [3.05, 3.63) is 102 Å². The molecule has 0 saturated carbocycles. The molecule has 0 atom stereocenters. The first-order valence-corrected chi connectivity index (χ1v) is 10.6. The molecule has 0 fully saturated rings. The van der Waals surface area contributed by atoms with E-state index in [0.29, 0.717) is 5.89 Å². The van der Waals surface area contributed by atoms with Crippen LogP contribution in [0.2, 0.25) is 0 Å². The van der Waals surface area contributed by atoms with Crippen LogP contribution >= 0.6 is 15.9 Å². The van der Waals surface area contributed by atoms with Crippen LogP contribution in [-0.2, 0) is 0 Å². The van der Waals surface area contributed by atoms with Gasteiger partial charge in [0.15, 0.2) is 5.58 Å². The summed E-state index contributed by atoms with van der Waals surface area (Å²) in [4.78, 5) is 4.79. The zero-order chi connectivity index (χ0) is 20.1. The van der Waals surface area contributed by atoms with E-state index >= 15 is 0 Å². The van der Waals surface area contributed by atoms with Crippen LogP contribution in [0, 0.1) is 0 Å². The van der Waals surface area contributed by atoms with Gasteiger partial charge in [-0.05, 0) is 52.2 Å². The molecule has 6 rings (SSSR count). The number of benzene rings is 5. The Bertz CT molecular complexity index is 1550. The van der Waals surface area contributed by atoms with Crippen LogP contribution < -0.4 is 0 Å². The molecule has 0 unspecified atom stereocenters. The van der Waals surface area contributed by atoms with Gasteiger partial charge < -0.3 is 4.42 Å². The molecule has 1 heterocycles. The van der Waals surface area contributed by atoms with Gasteiger partial charge in [-0.1, -0.05) is 82.7 Å². The van der Waals surface area contributed by atoms with E-state index in [0.717, 1.165) is 37.5 Å². The number of nitrogens with zero attached hydrogens (tertiary/aromatic N) is 1. The number of fused-ring (bicyclic) bond motifs is 5. The maximum atomic E-state index is 6.32. The number of hydrogen-bond acceptors (Lipinski definition) is 2. The molecule has 1 aromatic heterocycles. The van der Waals surface area contributed by atoms with Crippen LogP contribution in [0.3, 0.4) is 0 Å². The standard InChI is InChI=1S/C27H16BrNO/c28-23-11-5-8-18-12-13-22-21(25(18)23)14-15-24-26(22)30-27(29-24)20-10-4-9-19(16-20)17-6-2-1-3-7-17/h1-16H. The molecule has 0 saturated heterocycles. The summed E-state index contributed by atoms with van der Waals surface area (Å²) in [6.07, 6.45) is 0. The first-order valence-electron chi connectivity index (χ1n) is 9.84. The van der Waals surface area contributed by atoms with Gasteiger partial charge in [-0.3, -0.25) is 0 Å². The third kappa shape index (κ3) is 2.74. The maximum absolute atomic E-state index is 6.32. The largest absolute Gasteiger partial charge is 0.435 e. The van der Waals surface area contributed by atoms with Crippen molar-refractivity contribution in [2.24, 2.45) is 0 Å². The number of oxazole rings is 1. The highest BCUT2D eigenvalue weighted by atomic mass is 79.9. The molecule has 0 aliphatic rings. The highest BCUT2D eigenvalue weighted by molar-refractivity contribution is 9.10. The van der Waals surface area contributed by atoms with Crippen molar-refractivity contribution in [2.45, 2.75) is 0 Å². The Labute approximate surface area is 181 Å². The van der Waals surface area contributed by atoms with Crippen molar-refractivity contribution in [1.82, 2.24) is 4.98 Å². The van der Waals surface area contributed by atoms with E-state index in [1.54, 1.807) is 0 Å². The highest BCUT2D eigenvalue weighted by Gasteiger charge is 2.14. The van der Waals surface area contributed by atoms with E-state index in [-0.39, 0.29) is 0 Å². The molecule has 0 N–H and O–H groups in total. The van der Waals surface area contributed by atoms with E-state index in [1.165, 1.54) is 16.3 Å². The molecule has 6 aromatic rings. The topological polar surface area (TPSA) is 26.0 Å². The molecular formula is C27H16BrNO. The minimum atomic E-state index is 0.641.